The van der Waals surface area contributed by atoms with E-state index in [1.807, 2.05) is 44.2 Å². The summed E-state index contributed by atoms with van der Waals surface area (Å²) in [6, 6.07) is 17.8. The van der Waals surface area contributed by atoms with E-state index in [2.05, 4.69) is 5.32 Å². The largest absolute Gasteiger partial charge is 0.484 e. The van der Waals surface area contributed by atoms with Crippen LogP contribution in [0.15, 0.2) is 60.7 Å². The second kappa shape index (κ2) is 14.2. The number of carbonyl (C=O) groups excluding carboxylic acids is 2. The summed E-state index contributed by atoms with van der Waals surface area (Å²) in [5.41, 5.74) is 3.25. The second-order valence-corrected chi connectivity index (χ2v) is 11.6. The number of carbonyl (C=O) groups is 2. The van der Waals surface area contributed by atoms with Crippen molar-refractivity contribution in [2.75, 3.05) is 6.61 Å². The Morgan fingerprint density at radius 2 is 1.55 bits per heavy atom. The number of hydrogen-bond acceptors (Lipinski definition) is 3. The topological polar surface area (TPSA) is 58.6 Å². The van der Waals surface area contributed by atoms with E-state index in [1.54, 1.807) is 35.2 Å². The SMILES string of the molecule is Cc1cc(OCC(=O)N(Cc2c(Cl)cccc2Cl)[C@@H](Cc2ccccc2)C(=O)NC2CCCCC2)cc(C)c1Cl. The van der Waals surface area contributed by atoms with Gasteiger partial charge >= 0.3 is 0 Å². The van der Waals surface area contributed by atoms with Gasteiger partial charge in [-0.3, -0.25) is 9.59 Å². The Bertz CT molecular complexity index is 1280. The molecule has 8 heteroatoms. The summed E-state index contributed by atoms with van der Waals surface area (Å²) in [4.78, 5) is 29.4. The Hall–Kier alpha value is -2.73. The lowest BCUT2D eigenvalue weighted by atomic mass is 9.94. The molecule has 212 valence electrons. The molecule has 1 aliphatic carbocycles. The van der Waals surface area contributed by atoms with Gasteiger partial charge in [0.1, 0.15) is 11.8 Å². The Morgan fingerprint density at radius 3 is 2.17 bits per heavy atom. The summed E-state index contributed by atoms with van der Waals surface area (Å²) in [5, 5.41) is 4.76. The Kier molecular flexibility index (Phi) is 10.8. The normalized spacial score (nSPS) is 14.4. The fraction of sp³-hybridized carbons (Fsp3) is 0.375. The van der Waals surface area contributed by atoms with Gasteiger partial charge in [0.2, 0.25) is 5.91 Å². The molecule has 3 aromatic rings. The molecule has 4 rings (SSSR count). The fourth-order valence-electron chi connectivity index (χ4n) is 5.17. The highest BCUT2D eigenvalue weighted by Gasteiger charge is 2.33. The molecule has 2 amide bonds. The number of hydrogen-bond donors (Lipinski definition) is 1. The predicted molar refractivity (Wildman–Crippen MR) is 162 cm³/mol. The molecule has 1 aliphatic rings. The van der Waals surface area contributed by atoms with Crippen molar-refractivity contribution in [3.05, 3.63) is 98.0 Å². The molecule has 3 aromatic carbocycles. The molecule has 1 N–H and O–H groups in total. The minimum absolute atomic E-state index is 0.0644. The minimum Gasteiger partial charge on any atom is -0.484 e. The van der Waals surface area contributed by atoms with Gasteiger partial charge in [-0.2, -0.15) is 0 Å². The van der Waals surface area contributed by atoms with Crippen molar-refractivity contribution in [1.82, 2.24) is 10.2 Å². The quantitative estimate of drug-likeness (QED) is 0.259. The number of ether oxygens (including phenoxy) is 1. The first kappa shape index (κ1) is 30.2. The molecular weight excluding hydrogens is 567 g/mol. The summed E-state index contributed by atoms with van der Waals surface area (Å²) < 4.78 is 5.95. The van der Waals surface area contributed by atoms with E-state index < -0.39 is 6.04 Å². The number of benzene rings is 3. The zero-order valence-corrected chi connectivity index (χ0v) is 25.2. The first-order valence-electron chi connectivity index (χ1n) is 13.7. The van der Waals surface area contributed by atoms with Crippen molar-refractivity contribution < 1.29 is 14.3 Å². The van der Waals surface area contributed by atoms with Crippen LogP contribution in [0.3, 0.4) is 0 Å². The molecule has 0 bridgehead atoms. The van der Waals surface area contributed by atoms with Gasteiger partial charge in [-0.25, -0.2) is 0 Å². The third kappa shape index (κ3) is 7.93. The molecule has 5 nitrogen and oxygen atoms in total. The highest BCUT2D eigenvalue weighted by molar-refractivity contribution is 6.36. The zero-order chi connectivity index (χ0) is 28.6. The van der Waals surface area contributed by atoms with Crippen LogP contribution in [0.2, 0.25) is 15.1 Å². The number of amides is 2. The van der Waals surface area contributed by atoms with E-state index in [0.717, 1.165) is 42.4 Å². The monoisotopic (exact) mass is 600 g/mol. The summed E-state index contributed by atoms with van der Waals surface area (Å²) in [6.45, 7) is 3.59. The molecule has 0 spiro atoms. The maximum Gasteiger partial charge on any atom is 0.261 e. The van der Waals surface area contributed by atoms with Crippen LogP contribution < -0.4 is 10.1 Å². The van der Waals surface area contributed by atoms with E-state index >= 15 is 0 Å². The van der Waals surface area contributed by atoms with Gasteiger partial charge in [-0.1, -0.05) is 90.5 Å². The second-order valence-electron chi connectivity index (χ2n) is 10.4. The van der Waals surface area contributed by atoms with Gasteiger partial charge in [-0.05, 0) is 67.6 Å². The molecule has 0 unspecified atom stereocenters. The summed E-state index contributed by atoms with van der Waals surface area (Å²) >= 11 is 19.4. The van der Waals surface area contributed by atoms with Crippen LogP contribution in [0.1, 0.15) is 54.4 Å². The Morgan fingerprint density at radius 1 is 0.925 bits per heavy atom. The standard InChI is InChI=1S/C32H35Cl3N2O3/c1-21-16-25(17-22(2)31(21)35)40-20-30(38)37(19-26-27(33)14-9-15-28(26)34)29(18-23-10-5-3-6-11-23)32(39)36-24-12-7-4-8-13-24/h3,5-6,9-11,14-17,24,29H,4,7-8,12-13,18-20H2,1-2H3,(H,36,39)/t29-/m0/s1. The van der Waals surface area contributed by atoms with Crippen LogP contribution in [-0.2, 0) is 22.6 Å². The number of aryl methyl sites for hydroxylation is 2. The summed E-state index contributed by atoms with van der Waals surface area (Å²) in [7, 11) is 0. The van der Waals surface area contributed by atoms with Gasteiger partial charge in [-0.15, -0.1) is 0 Å². The van der Waals surface area contributed by atoms with E-state index in [-0.39, 0.29) is 31.0 Å². The number of nitrogens with one attached hydrogen (secondary N) is 1. The van der Waals surface area contributed by atoms with E-state index in [0.29, 0.717) is 32.8 Å². The average Bonchev–Trinajstić information content (AvgIpc) is 2.94. The van der Waals surface area contributed by atoms with Crippen molar-refractivity contribution >= 4 is 46.6 Å². The van der Waals surface area contributed by atoms with Crippen LogP contribution in [0, 0.1) is 13.8 Å². The lowest BCUT2D eigenvalue weighted by molar-refractivity contribution is -0.143. The molecule has 40 heavy (non-hydrogen) atoms. The van der Waals surface area contributed by atoms with E-state index in [1.165, 1.54) is 6.42 Å². The van der Waals surface area contributed by atoms with Gasteiger partial charge < -0.3 is 15.0 Å². The number of rotatable bonds is 10. The van der Waals surface area contributed by atoms with Crippen molar-refractivity contribution in [2.24, 2.45) is 0 Å². The van der Waals surface area contributed by atoms with Crippen LogP contribution in [-0.4, -0.2) is 35.4 Å². The molecule has 0 radical (unpaired) electrons. The first-order chi connectivity index (χ1) is 19.2. The van der Waals surface area contributed by atoms with Gasteiger partial charge in [0.05, 0.1) is 0 Å². The number of halogens is 3. The van der Waals surface area contributed by atoms with Crippen molar-refractivity contribution in [1.29, 1.82) is 0 Å². The van der Waals surface area contributed by atoms with E-state index in [9.17, 15) is 9.59 Å². The van der Waals surface area contributed by atoms with Gasteiger partial charge in [0.25, 0.3) is 5.91 Å². The third-order valence-electron chi connectivity index (χ3n) is 7.39. The minimum atomic E-state index is -0.790. The molecule has 1 fully saturated rings. The lowest BCUT2D eigenvalue weighted by Gasteiger charge is -2.33. The average molecular weight is 602 g/mol. The first-order valence-corrected chi connectivity index (χ1v) is 14.8. The molecule has 0 aliphatic heterocycles. The Labute approximate surface area is 251 Å². The van der Waals surface area contributed by atoms with Crippen LogP contribution in [0.25, 0.3) is 0 Å². The maximum absolute atomic E-state index is 13.9. The Balaban J connectivity index is 1.66. The molecular formula is C32H35Cl3N2O3. The zero-order valence-electron chi connectivity index (χ0n) is 22.9. The third-order valence-corrected chi connectivity index (χ3v) is 8.69. The maximum atomic E-state index is 13.9. The molecule has 0 saturated heterocycles. The van der Waals surface area contributed by atoms with Crippen LogP contribution in [0.4, 0.5) is 0 Å². The summed E-state index contributed by atoms with van der Waals surface area (Å²) in [6.07, 6.45) is 5.56. The van der Waals surface area contributed by atoms with Crippen molar-refractivity contribution in [2.45, 2.75) is 71.0 Å². The highest BCUT2D eigenvalue weighted by Crippen LogP contribution is 2.29. The smallest absolute Gasteiger partial charge is 0.261 e. The predicted octanol–water partition coefficient (Wildman–Crippen LogP) is 7.73. The molecule has 0 aromatic heterocycles. The van der Waals surface area contributed by atoms with Crippen LogP contribution >= 0.6 is 34.8 Å². The van der Waals surface area contributed by atoms with Gasteiger partial charge in [0, 0.05) is 39.6 Å². The molecule has 1 saturated carbocycles. The summed E-state index contributed by atoms with van der Waals surface area (Å²) in [5.74, 6) is 0.00108. The highest BCUT2D eigenvalue weighted by atomic mass is 35.5. The number of nitrogens with zero attached hydrogens (tertiary/aromatic N) is 1. The van der Waals surface area contributed by atoms with Crippen molar-refractivity contribution in [3.63, 3.8) is 0 Å². The van der Waals surface area contributed by atoms with Crippen molar-refractivity contribution in [3.8, 4) is 5.75 Å². The van der Waals surface area contributed by atoms with Crippen LogP contribution in [0.5, 0.6) is 5.75 Å². The van der Waals surface area contributed by atoms with E-state index in [4.69, 9.17) is 39.5 Å². The molecule has 0 heterocycles. The molecule has 1 atom stereocenters. The fourth-order valence-corrected chi connectivity index (χ4v) is 5.80. The lowest BCUT2D eigenvalue weighted by Crippen LogP contribution is -2.53. The van der Waals surface area contributed by atoms with Gasteiger partial charge in [0.15, 0.2) is 6.61 Å².